The van der Waals surface area contributed by atoms with Crippen molar-refractivity contribution in [2.45, 2.75) is 46.5 Å². The van der Waals surface area contributed by atoms with Crippen LogP contribution in [0.1, 0.15) is 46.5 Å². The molecule has 1 aliphatic rings. The SMILES string of the molecule is CC[N-]C[N-]CC.COCC1CCCC1.[CH2-]C.[La+3]. The van der Waals surface area contributed by atoms with Gasteiger partial charge in [-0.1, -0.05) is 26.7 Å². The van der Waals surface area contributed by atoms with Crippen LogP contribution in [0.5, 0.6) is 0 Å². The van der Waals surface area contributed by atoms with Gasteiger partial charge in [0.05, 0.1) is 0 Å². The average molecular weight is 382 g/mol. The minimum absolute atomic E-state index is 0. The van der Waals surface area contributed by atoms with Gasteiger partial charge < -0.3 is 22.3 Å². The standard InChI is InChI=1S/C7H14O.C5H12N2.C2H5.La/c1-8-6-7-4-2-3-5-7;1-3-6-5-7-4-2;1-2;/h7H,2-6H2,1H3;3-5H2,1-2H3;1H2,2H3;/q;-2;-1;+3. The zero-order valence-corrected chi connectivity index (χ0v) is 16.4. The molecule has 18 heavy (non-hydrogen) atoms. The quantitative estimate of drug-likeness (QED) is 0.496. The minimum Gasteiger partial charge on any atom is -0.681 e. The molecule has 0 aromatic heterocycles. The number of hydrogen-bond donors (Lipinski definition) is 0. The maximum atomic E-state index is 5.03. The van der Waals surface area contributed by atoms with Crippen LogP contribution >= 0.6 is 0 Å². The Balaban J connectivity index is -0.000000211. The van der Waals surface area contributed by atoms with E-state index in [1.165, 1.54) is 25.7 Å². The molecular formula is C14H31LaN2O. The molecular weight excluding hydrogens is 351 g/mol. The summed E-state index contributed by atoms with van der Waals surface area (Å²) in [5.41, 5.74) is 0. The smallest absolute Gasteiger partial charge is 0.681 e. The van der Waals surface area contributed by atoms with E-state index < -0.39 is 0 Å². The third kappa shape index (κ3) is 19.4. The molecule has 106 valence electrons. The average Bonchev–Trinajstić information content (AvgIpc) is 2.87. The van der Waals surface area contributed by atoms with Gasteiger partial charge in [0.1, 0.15) is 0 Å². The van der Waals surface area contributed by atoms with Crippen molar-refractivity contribution in [1.29, 1.82) is 0 Å². The van der Waals surface area contributed by atoms with Gasteiger partial charge in [0.25, 0.3) is 0 Å². The zero-order chi connectivity index (χ0) is 13.4. The Labute approximate surface area is 143 Å². The van der Waals surface area contributed by atoms with E-state index in [4.69, 9.17) is 4.74 Å². The molecule has 0 spiro atoms. The predicted molar refractivity (Wildman–Crippen MR) is 77.5 cm³/mol. The summed E-state index contributed by atoms with van der Waals surface area (Å²) in [7, 11) is 1.79. The molecule has 0 heterocycles. The monoisotopic (exact) mass is 382 g/mol. The summed E-state index contributed by atoms with van der Waals surface area (Å²) in [4.78, 5) is 0. The molecule has 3 nitrogen and oxygen atoms in total. The third-order valence-electron chi connectivity index (χ3n) is 2.52. The summed E-state index contributed by atoms with van der Waals surface area (Å²) in [5.74, 6) is 0.889. The number of hydrogen-bond acceptors (Lipinski definition) is 1. The Kier molecular flexibility index (Phi) is 31.1. The van der Waals surface area contributed by atoms with Gasteiger partial charge in [0.2, 0.25) is 0 Å². The summed E-state index contributed by atoms with van der Waals surface area (Å²) >= 11 is 0. The number of ether oxygens (including phenoxy) is 1. The van der Waals surface area contributed by atoms with Gasteiger partial charge in [0, 0.05) is 13.7 Å². The zero-order valence-electron chi connectivity index (χ0n) is 12.8. The molecule has 0 bridgehead atoms. The van der Waals surface area contributed by atoms with E-state index in [1.807, 2.05) is 13.8 Å². The summed E-state index contributed by atoms with van der Waals surface area (Å²) in [6.07, 6.45) is 5.64. The second-order valence-corrected chi connectivity index (χ2v) is 3.83. The molecule has 1 saturated carbocycles. The molecule has 0 unspecified atom stereocenters. The molecule has 1 fully saturated rings. The van der Waals surface area contributed by atoms with Crippen LogP contribution in [0.4, 0.5) is 0 Å². The number of rotatable bonds is 6. The summed E-state index contributed by atoms with van der Waals surface area (Å²) in [5, 5.41) is 7.99. The van der Waals surface area contributed by atoms with Gasteiger partial charge in [-0.2, -0.15) is 20.0 Å². The van der Waals surface area contributed by atoms with Crippen LogP contribution < -0.4 is 0 Å². The maximum absolute atomic E-state index is 5.03. The van der Waals surface area contributed by atoms with E-state index in [2.05, 4.69) is 17.6 Å². The summed E-state index contributed by atoms with van der Waals surface area (Å²) < 4.78 is 5.03. The summed E-state index contributed by atoms with van der Waals surface area (Å²) in [6, 6.07) is 0. The van der Waals surface area contributed by atoms with Gasteiger partial charge in [-0.3, -0.25) is 6.67 Å². The molecule has 0 aromatic carbocycles. The van der Waals surface area contributed by atoms with Crippen LogP contribution in [0.15, 0.2) is 0 Å². The van der Waals surface area contributed by atoms with Crippen LogP contribution in [0.25, 0.3) is 10.6 Å². The first-order valence-corrected chi connectivity index (χ1v) is 6.81. The van der Waals surface area contributed by atoms with E-state index in [1.54, 1.807) is 14.0 Å². The van der Waals surface area contributed by atoms with Crippen molar-refractivity contribution < 1.29 is 40.3 Å². The Hall–Kier alpha value is 1.07. The van der Waals surface area contributed by atoms with Crippen molar-refractivity contribution in [1.82, 2.24) is 0 Å². The summed E-state index contributed by atoms with van der Waals surface area (Å²) in [6.45, 7) is 12.5. The Bertz CT molecular complexity index is 116. The molecule has 1 aliphatic carbocycles. The van der Waals surface area contributed by atoms with Gasteiger partial charge in [-0.25, -0.2) is 0 Å². The Morgan fingerprint density at radius 3 is 1.83 bits per heavy atom. The van der Waals surface area contributed by atoms with E-state index in [0.717, 1.165) is 25.6 Å². The van der Waals surface area contributed by atoms with Crippen molar-refractivity contribution >= 4 is 0 Å². The Morgan fingerprint density at radius 2 is 1.50 bits per heavy atom. The van der Waals surface area contributed by atoms with Crippen molar-refractivity contribution in [2.75, 3.05) is 33.5 Å². The first kappa shape index (κ1) is 24.1. The van der Waals surface area contributed by atoms with Crippen LogP contribution in [-0.4, -0.2) is 33.5 Å². The van der Waals surface area contributed by atoms with E-state index in [9.17, 15) is 0 Å². The number of nitrogens with zero attached hydrogens (tertiary/aromatic N) is 2. The number of methoxy groups -OCH3 is 1. The molecule has 0 atom stereocenters. The van der Waals surface area contributed by atoms with Gasteiger partial charge >= 0.3 is 35.6 Å². The predicted octanol–water partition coefficient (Wildman–Crippen LogP) is 4.39. The molecule has 0 aromatic rings. The van der Waals surface area contributed by atoms with Crippen molar-refractivity contribution in [3.05, 3.63) is 17.6 Å². The Morgan fingerprint density at radius 1 is 1.06 bits per heavy atom. The fourth-order valence-corrected chi connectivity index (χ4v) is 1.68. The first-order chi connectivity index (χ1) is 8.35. The molecule has 0 saturated heterocycles. The normalized spacial score (nSPS) is 13.8. The van der Waals surface area contributed by atoms with Gasteiger partial charge in [-0.05, 0) is 18.8 Å². The fraction of sp³-hybridized carbons (Fsp3) is 0.929. The van der Waals surface area contributed by atoms with Gasteiger partial charge in [0.15, 0.2) is 0 Å². The molecule has 0 N–H and O–H groups in total. The van der Waals surface area contributed by atoms with Crippen molar-refractivity contribution in [3.8, 4) is 0 Å². The molecule has 0 aliphatic heterocycles. The first-order valence-electron chi connectivity index (χ1n) is 6.81. The molecule has 4 heteroatoms. The fourth-order valence-electron chi connectivity index (χ4n) is 1.68. The molecule has 0 radical (unpaired) electrons. The second kappa shape index (κ2) is 23.2. The van der Waals surface area contributed by atoms with Crippen LogP contribution in [0.3, 0.4) is 0 Å². The van der Waals surface area contributed by atoms with E-state index in [-0.39, 0.29) is 35.6 Å². The maximum Gasteiger partial charge on any atom is 3.00 e. The van der Waals surface area contributed by atoms with Crippen LogP contribution in [0.2, 0.25) is 0 Å². The molecule has 0 amide bonds. The third-order valence-corrected chi connectivity index (χ3v) is 2.52. The topological polar surface area (TPSA) is 37.4 Å². The van der Waals surface area contributed by atoms with Gasteiger partial charge in [-0.15, -0.1) is 0 Å². The van der Waals surface area contributed by atoms with Crippen molar-refractivity contribution in [2.24, 2.45) is 5.92 Å². The molecule has 1 rings (SSSR count). The van der Waals surface area contributed by atoms with Crippen LogP contribution in [-0.2, 0) is 4.74 Å². The van der Waals surface area contributed by atoms with E-state index in [0.29, 0.717) is 6.67 Å². The minimum atomic E-state index is 0. The second-order valence-electron chi connectivity index (χ2n) is 3.83. The van der Waals surface area contributed by atoms with E-state index >= 15 is 0 Å². The van der Waals surface area contributed by atoms with Crippen molar-refractivity contribution in [3.63, 3.8) is 0 Å². The van der Waals surface area contributed by atoms with Crippen LogP contribution in [0, 0.1) is 48.4 Å². The largest absolute Gasteiger partial charge is 3.00 e.